The molecular formula is C42H37N3. The van der Waals surface area contributed by atoms with Crippen LogP contribution in [-0.4, -0.2) is 6.04 Å². The molecule has 1 aliphatic carbocycles. The Morgan fingerprint density at radius 3 is 1.96 bits per heavy atom. The highest BCUT2D eigenvalue weighted by Crippen LogP contribution is 2.37. The molecule has 2 unspecified atom stereocenters. The molecule has 0 saturated carbocycles. The molecule has 0 aromatic heterocycles. The minimum Gasteiger partial charge on any atom is -0.378 e. The molecule has 3 heteroatoms. The second-order valence-corrected chi connectivity index (χ2v) is 11.6. The van der Waals surface area contributed by atoms with Crippen LogP contribution in [0.4, 0.5) is 11.4 Å². The number of nitrogens with zero attached hydrogens (tertiary/aromatic N) is 1. The van der Waals surface area contributed by atoms with E-state index in [0.29, 0.717) is 6.54 Å². The maximum Gasteiger partial charge on any atom is 0.104 e. The third-order valence-corrected chi connectivity index (χ3v) is 8.74. The van der Waals surface area contributed by atoms with Gasteiger partial charge in [0.15, 0.2) is 0 Å². The highest BCUT2D eigenvalue weighted by molar-refractivity contribution is 5.99. The van der Waals surface area contributed by atoms with E-state index >= 15 is 0 Å². The molecule has 0 bridgehead atoms. The van der Waals surface area contributed by atoms with Crippen molar-refractivity contribution in [3.05, 3.63) is 193 Å². The summed E-state index contributed by atoms with van der Waals surface area (Å²) in [6.07, 6.45) is 8.62. The van der Waals surface area contributed by atoms with Gasteiger partial charge in [0.25, 0.3) is 0 Å². The number of allylic oxidation sites excluding steroid dienone is 2. The lowest BCUT2D eigenvalue weighted by Gasteiger charge is -2.32. The summed E-state index contributed by atoms with van der Waals surface area (Å²) < 4.78 is 0. The topological polar surface area (TPSA) is 41.3 Å². The molecule has 0 radical (unpaired) electrons. The Morgan fingerprint density at radius 2 is 1.22 bits per heavy atom. The number of benzene rings is 6. The van der Waals surface area contributed by atoms with E-state index in [2.05, 4.69) is 162 Å². The molecule has 0 amide bonds. The second-order valence-electron chi connectivity index (χ2n) is 11.6. The Morgan fingerprint density at radius 1 is 0.600 bits per heavy atom. The number of nitrogens with two attached hydrogens (primary N) is 1. The molecule has 0 aliphatic heterocycles. The number of nitrogens with one attached hydrogen (secondary N) is 1. The van der Waals surface area contributed by atoms with Gasteiger partial charge in [0.05, 0.1) is 6.04 Å². The van der Waals surface area contributed by atoms with Crippen LogP contribution >= 0.6 is 0 Å². The monoisotopic (exact) mass is 583 g/mol. The van der Waals surface area contributed by atoms with Crippen LogP contribution in [0, 0.1) is 0 Å². The van der Waals surface area contributed by atoms with Crippen LogP contribution in [0.2, 0.25) is 0 Å². The van der Waals surface area contributed by atoms with Gasteiger partial charge in [-0.05, 0) is 62.9 Å². The Hall–Kier alpha value is -5.38. The molecular weight excluding hydrogens is 546 g/mol. The number of fused-ring (bicyclic) bond motifs is 1. The van der Waals surface area contributed by atoms with E-state index in [4.69, 9.17) is 5.73 Å². The van der Waals surface area contributed by atoms with Gasteiger partial charge in [-0.3, -0.25) is 0 Å². The molecule has 7 rings (SSSR count). The highest BCUT2D eigenvalue weighted by atomic mass is 15.2. The zero-order chi connectivity index (χ0) is 30.4. The number of anilines is 2. The van der Waals surface area contributed by atoms with Gasteiger partial charge in [-0.15, -0.1) is 0 Å². The van der Waals surface area contributed by atoms with Crippen molar-refractivity contribution in [1.82, 2.24) is 0 Å². The van der Waals surface area contributed by atoms with Crippen molar-refractivity contribution >= 4 is 22.1 Å². The van der Waals surface area contributed by atoms with Crippen molar-refractivity contribution in [1.29, 1.82) is 0 Å². The van der Waals surface area contributed by atoms with Crippen molar-refractivity contribution in [3.63, 3.8) is 0 Å². The predicted octanol–water partition coefficient (Wildman–Crippen LogP) is 9.86. The van der Waals surface area contributed by atoms with Crippen molar-refractivity contribution in [2.45, 2.75) is 24.7 Å². The molecule has 0 saturated heterocycles. The average molecular weight is 584 g/mol. The summed E-state index contributed by atoms with van der Waals surface area (Å²) in [7, 11) is 0. The molecule has 3 nitrogen and oxygen atoms in total. The number of hydrogen-bond donors (Lipinski definition) is 2. The van der Waals surface area contributed by atoms with E-state index in [1.54, 1.807) is 0 Å². The Bertz CT molecular complexity index is 1910. The molecule has 220 valence electrons. The minimum atomic E-state index is -0.270. The molecule has 6 aromatic rings. The first kappa shape index (κ1) is 28.4. The third kappa shape index (κ3) is 6.17. The van der Waals surface area contributed by atoms with Crippen LogP contribution < -0.4 is 16.0 Å². The molecule has 6 aromatic carbocycles. The fourth-order valence-corrected chi connectivity index (χ4v) is 6.43. The van der Waals surface area contributed by atoms with Gasteiger partial charge in [0, 0.05) is 23.8 Å². The summed E-state index contributed by atoms with van der Waals surface area (Å²) in [5, 5.41) is 6.40. The molecule has 3 atom stereocenters. The van der Waals surface area contributed by atoms with Gasteiger partial charge in [-0.1, -0.05) is 152 Å². The Labute approximate surface area is 266 Å². The summed E-state index contributed by atoms with van der Waals surface area (Å²) in [5.41, 5.74) is 15.2. The van der Waals surface area contributed by atoms with Crippen LogP contribution in [0.15, 0.2) is 176 Å². The van der Waals surface area contributed by atoms with Gasteiger partial charge < -0.3 is 16.0 Å². The van der Waals surface area contributed by atoms with Crippen molar-refractivity contribution in [2.75, 3.05) is 10.2 Å². The van der Waals surface area contributed by atoms with E-state index < -0.39 is 0 Å². The highest BCUT2D eigenvalue weighted by Gasteiger charge is 2.24. The van der Waals surface area contributed by atoms with Crippen LogP contribution in [0.5, 0.6) is 0 Å². The standard InChI is InChI=1S/C42H37N3/c43-42(33-18-8-3-9-19-33)45(30-31-14-4-1-5-15-31)35-26-24-34(25-27-35)44-41-23-13-12-22-40(41)39-29-28-36(32-16-6-2-7-17-32)37-20-10-11-21-38(37)39/h1-29,40-42,44H,30,43H2/t40?,41?,42-/m0/s1. The van der Waals surface area contributed by atoms with Gasteiger partial charge in [-0.2, -0.15) is 0 Å². The Kier molecular flexibility index (Phi) is 8.26. The largest absolute Gasteiger partial charge is 0.378 e. The molecule has 1 aliphatic rings. The fourth-order valence-electron chi connectivity index (χ4n) is 6.43. The van der Waals surface area contributed by atoms with Gasteiger partial charge in [0.2, 0.25) is 0 Å². The van der Waals surface area contributed by atoms with Gasteiger partial charge in [-0.25, -0.2) is 0 Å². The SMILES string of the molecule is N[C@H](c1ccccc1)N(Cc1ccccc1)c1ccc(NC2C=CC=CC2c2ccc(-c3ccccc3)c3ccccc23)cc1. The van der Waals surface area contributed by atoms with Crippen LogP contribution in [0.1, 0.15) is 28.8 Å². The first-order chi connectivity index (χ1) is 22.2. The van der Waals surface area contributed by atoms with Crippen molar-refractivity contribution in [3.8, 4) is 11.1 Å². The molecule has 0 heterocycles. The van der Waals surface area contributed by atoms with Crippen LogP contribution in [0.25, 0.3) is 21.9 Å². The lowest BCUT2D eigenvalue weighted by Crippen LogP contribution is -2.34. The first-order valence-electron chi connectivity index (χ1n) is 15.6. The quantitative estimate of drug-likeness (QED) is 0.166. The second kappa shape index (κ2) is 13.1. The minimum absolute atomic E-state index is 0.110. The lowest BCUT2D eigenvalue weighted by molar-refractivity contribution is 0.643. The number of hydrogen-bond acceptors (Lipinski definition) is 3. The van der Waals surface area contributed by atoms with Crippen molar-refractivity contribution in [2.24, 2.45) is 5.73 Å². The summed E-state index contributed by atoms with van der Waals surface area (Å²) in [6.45, 7) is 0.716. The van der Waals surface area contributed by atoms with E-state index in [9.17, 15) is 0 Å². The molecule has 0 fully saturated rings. The number of rotatable bonds is 9. The zero-order valence-electron chi connectivity index (χ0n) is 25.2. The van der Waals surface area contributed by atoms with Crippen molar-refractivity contribution < 1.29 is 0 Å². The normalized spacial score (nSPS) is 16.4. The molecule has 45 heavy (non-hydrogen) atoms. The summed E-state index contributed by atoms with van der Waals surface area (Å²) in [5.74, 6) is 0.186. The summed E-state index contributed by atoms with van der Waals surface area (Å²) in [4.78, 5) is 2.26. The molecule has 0 spiro atoms. The first-order valence-corrected chi connectivity index (χ1v) is 15.6. The smallest absolute Gasteiger partial charge is 0.104 e. The van der Waals surface area contributed by atoms with Crippen LogP contribution in [-0.2, 0) is 6.54 Å². The average Bonchev–Trinajstić information content (AvgIpc) is 3.12. The van der Waals surface area contributed by atoms with E-state index in [1.165, 1.54) is 33.0 Å². The van der Waals surface area contributed by atoms with Gasteiger partial charge in [0.1, 0.15) is 6.17 Å². The zero-order valence-corrected chi connectivity index (χ0v) is 25.2. The lowest BCUT2D eigenvalue weighted by atomic mass is 9.83. The van der Waals surface area contributed by atoms with E-state index in [-0.39, 0.29) is 18.1 Å². The Balaban J connectivity index is 1.16. The predicted molar refractivity (Wildman–Crippen MR) is 190 cm³/mol. The maximum atomic E-state index is 6.88. The van der Waals surface area contributed by atoms with E-state index in [1.807, 2.05) is 24.3 Å². The summed E-state index contributed by atoms with van der Waals surface area (Å²) in [6, 6.07) is 53.6. The summed E-state index contributed by atoms with van der Waals surface area (Å²) >= 11 is 0. The van der Waals surface area contributed by atoms with Crippen LogP contribution in [0.3, 0.4) is 0 Å². The van der Waals surface area contributed by atoms with E-state index in [0.717, 1.165) is 16.9 Å². The maximum absolute atomic E-state index is 6.88. The fraction of sp³-hybridized carbons (Fsp3) is 0.0952. The third-order valence-electron chi connectivity index (χ3n) is 8.74. The molecule has 3 N–H and O–H groups in total. The van der Waals surface area contributed by atoms with Gasteiger partial charge >= 0.3 is 0 Å².